The van der Waals surface area contributed by atoms with Crippen molar-refractivity contribution in [3.63, 3.8) is 0 Å². The van der Waals surface area contributed by atoms with Crippen molar-refractivity contribution < 1.29 is 14.7 Å². The fourth-order valence-corrected chi connectivity index (χ4v) is 1.47. The van der Waals surface area contributed by atoms with E-state index in [1.165, 1.54) is 26.0 Å². The van der Waals surface area contributed by atoms with Crippen LogP contribution in [0.3, 0.4) is 0 Å². The second kappa shape index (κ2) is 8.37. The van der Waals surface area contributed by atoms with E-state index in [-0.39, 0.29) is 17.6 Å². The molecule has 2 rings (SSSR count). The molecule has 0 bridgehead atoms. The summed E-state index contributed by atoms with van der Waals surface area (Å²) in [6.07, 6.45) is 0. The van der Waals surface area contributed by atoms with E-state index in [0.717, 1.165) is 5.69 Å². The topological polar surface area (TPSA) is 78.4 Å². The molecular formula is C16H18N2O3. The van der Waals surface area contributed by atoms with Crippen molar-refractivity contribution in [3.8, 4) is 5.75 Å². The van der Waals surface area contributed by atoms with E-state index in [0.29, 0.717) is 5.69 Å². The van der Waals surface area contributed by atoms with Gasteiger partial charge < -0.3 is 15.7 Å². The number of phenols is 1. The molecule has 0 spiro atoms. The first-order chi connectivity index (χ1) is 9.97. The number of hydrogen-bond donors (Lipinski definition) is 3. The van der Waals surface area contributed by atoms with Crippen molar-refractivity contribution in [1.82, 2.24) is 0 Å². The van der Waals surface area contributed by atoms with Crippen LogP contribution in [0.4, 0.5) is 11.4 Å². The number of rotatable bonds is 2. The van der Waals surface area contributed by atoms with Crippen LogP contribution in [0.25, 0.3) is 0 Å². The maximum atomic E-state index is 10.5. The molecule has 0 heterocycles. The molecular weight excluding hydrogens is 268 g/mol. The normalized spacial score (nSPS) is 9.05. The molecule has 0 aliphatic heterocycles. The smallest absolute Gasteiger partial charge is 0.221 e. The number of amides is 2. The van der Waals surface area contributed by atoms with Crippen LogP contribution in [0.1, 0.15) is 13.8 Å². The van der Waals surface area contributed by atoms with Gasteiger partial charge in [0.25, 0.3) is 0 Å². The minimum absolute atomic E-state index is 0.0359. The molecule has 110 valence electrons. The Morgan fingerprint density at radius 2 is 1.19 bits per heavy atom. The van der Waals surface area contributed by atoms with Crippen LogP contribution in [0, 0.1) is 0 Å². The van der Waals surface area contributed by atoms with E-state index in [1.807, 2.05) is 30.3 Å². The Balaban J connectivity index is 0.000000211. The first-order valence-electron chi connectivity index (χ1n) is 6.36. The Kier molecular flexibility index (Phi) is 6.47. The number of hydrogen-bond acceptors (Lipinski definition) is 3. The summed E-state index contributed by atoms with van der Waals surface area (Å²) in [4.78, 5) is 21.0. The fraction of sp³-hybridized carbons (Fsp3) is 0.125. The van der Waals surface area contributed by atoms with Crippen molar-refractivity contribution in [2.45, 2.75) is 13.8 Å². The molecule has 2 aromatic carbocycles. The molecule has 0 saturated heterocycles. The molecule has 0 fully saturated rings. The van der Waals surface area contributed by atoms with Gasteiger partial charge in [-0.1, -0.05) is 18.2 Å². The molecule has 0 aliphatic rings. The predicted octanol–water partition coefficient (Wildman–Crippen LogP) is 3.00. The number of carbonyl (C=O) groups excluding carboxylic acids is 2. The largest absolute Gasteiger partial charge is 0.508 e. The lowest BCUT2D eigenvalue weighted by Crippen LogP contribution is -2.04. The Hall–Kier alpha value is -2.82. The number of carbonyl (C=O) groups is 2. The van der Waals surface area contributed by atoms with E-state index in [1.54, 1.807) is 12.1 Å². The Labute approximate surface area is 123 Å². The minimum Gasteiger partial charge on any atom is -0.508 e. The number of nitrogens with one attached hydrogen (secondary N) is 2. The summed E-state index contributed by atoms with van der Waals surface area (Å²) in [6, 6.07) is 15.7. The van der Waals surface area contributed by atoms with Crippen LogP contribution in [0.2, 0.25) is 0 Å². The third-order valence-electron chi connectivity index (χ3n) is 2.28. The zero-order chi connectivity index (χ0) is 15.7. The van der Waals surface area contributed by atoms with Crippen molar-refractivity contribution >= 4 is 23.2 Å². The summed E-state index contributed by atoms with van der Waals surface area (Å²) in [6.45, 7) is 2.93. The molecule has 21 heavy (non-hydrogen) atoms. The van der Waals surface area contributed by atoms with E-state index >= 15 is 0 Å². The molecule has 2 amide bonds. The average molecular weight is 286 g/mol. The van der Waals surface area contributed by atoms with Crippen molar-refractivity contribution in [1.29, 1.82) is 0 Å². The zero-order valence-electron chi connectivity index (χ0n) is 12.0. The highest BCUT2D eigenvalue weighted by Gasteiger charge is 1.93. The molecule has 0 aliphatic carbocycles. The van der Waals surface area contributed by atoms with Gasteiger partial charge in [-0.2, -0.15) is 0 Å². The lowest BCUT2D eigenvalue weighted by Gasteiger charge is -1.99. The minimum atomic E-state index is -0.115. The summed E-state index contributed by atoms with van der Waals surface area (Å²) in [5.74, 6) is 0.0426. The summed E-state index contributed by atoms with van der Waals surface area (Å²) in [7, 11) is 0. The van der Waals surface area contributed by atoms with Gasteiger partial charge in [0.05, 0.1) is 0 Å². The average Bonchev–Trinajstić information content (AvgIpc) is 2.42. The van der Waals surface area contributed by atoms with Gasteiger partial charge in [-0.25, -0.2) is 0 Å². The predicted molar refractivity (Wildman–Crippen MR) is 83.2 cm³/mol. The second-order valence-electron chi connectivity index (χ2n) is 4.28. The highest BCUT2D eigenvalue weighted by atomic mass is 16.3. The number of anilines is 2. The Morgan fingerprint density at radius 1 is 0.762 bits per heavy atom. The first kappa shape index (κ1) is 16.2. The number of benzene rings is 2. The van der Waals surface area contributed by atoms with Crippen LogP contribution >= 0.6 is 0 Å². The third-order valence-corrected chi connectivity index (χ3v) is 2.28. The van der Waals surface area contributed by atoms with E-state index in [2.05, 4.69) is 10.6 Å². The quantitative estimate of drug-likeness (QED) is 0.743. The van der Waals surface area contributed by atoms with Gasteiger partial charge in [0.1, 0.15) is 5.75 Å². The molecule has 5 nitrogen and oxygen atoms in total. The Morgan fingerprint density at radius 3 is 1.62 bits per heavy atom. The summed E-state index contributed by atoms with van der Waals surface area (Å²) in [5.41, 5.74) is 1.53. The standard InChI is InChI=1S/C8H9NO2.C8H9NO/c1-6(10)9-7-2-4-8(11)5-3-7;1-7(10)9-8-5-3-2-4-6-8/h2-5,11H,1H3,(H,9,10);2-6H,1H3,(H,9,10). The molecule has 2 aromatic rings. The highest BCUT2D eigenvalue weighted by molar-refractivity contribution is 5.89. The second-order valence-corrected chi connectivity index (χ2v) is 4.28. The van der Waals surface area contributed by atoms with Crippen LogP contribution in [0.5, 0.6) is 5.75 Å². The maximum absolute atomic E-state index is 10.5. The lowest BCUT2D eigenvalue weighted by molar-refractivity contribution is -0.115. The summed E-state index contributed by atoms with van der Waals surface area (Å²) in [5, 5.41) is 14.1. The van der Waals surface area contributed by atoms with Crippen LogP contribution in [-0.2, 0) is 9.59 Å². The van der Waals surface area contributed by atoms with Crippen LogP contribution in [-0.4, -0.2) is 16.9 Å². The van der Waals surface area contributed by atoms with Gasteiger partial charge in [0.15, 0.2) is 0 Å². The highest BCUT2D eigenvalue weighted by Crippen LogP contribution is 2.13. The van der Waals surface area contributed by atoms with Crippen molar-refractivity contribution in [3.05, 3.63) is 54.6 Å². The lowest BCUT2D eigenvalue weighted by atomic mass is 10.3. The van der Waals surface area contributed by atoms with E-state index < -0.39 is 0 Å². The molecule has 0 atom stereocenters. The fourth-order valence-electron chi connectivity index (χ4n) is 1.47. The molecule has 0 saturated carbocycles. The SMILES string of the molecule is CC(=O)Nc1ccc(O)cc1.CC(=O)Nc1ccccc1. The number of para-hydroxylation sites is 1. The monoisotopic (exact) mass is 286 g/mol. The van der Waals surface area contributed by atoms with Gasteiger partial charge >= 0.3 is 0 Å². The molecule has 5 heteroatoms. The summed E-state index contributed by atoms with van der Waals surface area (Å²) < 4.78 is 0. The van der Waals surface area contributed by atoms with Gasteiger partial charge in [0, 0.05) is 25.2 Å². The number of aromatic hydroxyl groups is 1. The molecule has 0 unspecified atom stereocenters. The molecule has 3 N–H and O–H groups in total. The summed E-state index contributed by atoms with van der Waals surface area (Å²) >= 11 is 0. The van der Waals surface area contributed by atoms with Gasteiger partial charge in [0.2, 0.25) is 11.8 Å². The van der Waals surface area contributed by atoms with Gasteiger partial charge in [-0.05, 0) is 36.4 Å². The maximum Gasteiger partial charge on any atom is 0.221 e. The van der Waals surface area contributed by atoms with Crippen LogP contribution in [0.15, 0.2) is 54.6 Å². The Bertz CT molecular complexity index is 580. The van der Waals surface area contributed by atoms with Crippen molar-refractivity contribution in [2.75, 3.05) is 10.6 Å². The zero-order valence-corrected chi connectivity index (χ0v) is 12.0. The molecule has 0 aromatic heterocycles. The number of phenolic OH excluding ortho intramolecular Hbond substituents is 1. The molecule has 0 radical (unpaired) electrons. The first-order valence-corrected chi connectivity index (χ1v) is 6.36. The van der Waals surface area contributed by atoms with E-state index in [9.17, 15) is 9.59 Å². The van der Waals surface area contributed by atoms with Gasteiger partial charge in [-0.15, -0.1) is 0 Å². The van der Waals surface area contributed by atoms with Crippen molar-refractivity contribution in [2.24, 2.45) is 0 Å². The van der Waals surface area contributed by atoms with Crippen LogP contribution < -0.4 is 10.6 Å². The third kappa shape index (κ3) is 7.37. The van der Waals surface area contributed by atoms with Gasteiger partial charge in [-0.3, -0.25) is 9.59 Å². The van der Waals surface area contributed by atoms with E-state index in [4.69, 9.17) is 5.11 Å².